The Morgan fingerprint density at radius 3 is 1.03 bits per heavy atom. The lowest BCUT2D eigenvalue weighted by atomic mass is 9.79. The molecule has 0 N–H and O–H groups in total. The van der Waals surface area contributed by atoms with Crippen LogP contribution in [0.1, 0.15) is 0 Å². The molecule has 10 rings (SSSR count). The van der Waals surface area contributed by atoms with E-state index in [1.54, 1.807) is 0 Å². The maximum absolute atomic E-state index is 5.29. The molecule has 1 aromatic heterocycles. The summed E-state index contributed by atoms with van der Waals surface area (Å²) in [6.45, 7) is 0. The van der Waals surface area contributed by atoms with Gasteiger partial charge in [0.15, 0.2) is 5.82 Å². The highest BCUT2D eigenvalue weighted by molar-refractivity contribution is 6.07. The Kier molecular flexibility index (Phi) is 10.0. The van der Waals surface area contributed by atoms with Gasteiger partial charge in [-0.25, -0.2) is 9.97 Å². The average Bonchev–Trinajstić information content (AvgIpc) is 3.35. The number of hydrogen-bond acceptors (Lipinski definition) is 2. The fraction of sp³-hybridized carbons (Fsp3) is 0. The Morgan fingerprint density at radius 2 is 0.533 bits per heavy atom. The normalized spacial score (nSPS) is 11.0. The molecule has 60 heavy (non-hydrogen) atoms. The standard InChI is InChI=1S/C58H40N2/c1-7-20-41(21-8-1)42-34-36-45(37-35-42)54-40-53(44-24-11-3-12-25-44)59-58(60-54)50-33-19-32-49(38-50)52-39-51(43-22-9-2-10-23-43)55(46-26-13-4-14-27-46)57(48-30-17-6-18-31-48)56(52)47-28-15-5-16-29-47/h1-40H. The van der Waals surface area contributed by atoms with Crippen LogP contribution in [-0.2, 0) is 0 Å². The van der Waals surface area contributed by atoms with Gasteiger partial charge in [0, 0.05) is 16.7 Å². The maximum Gasteiger partial charge on any atom is 0.160 e. The van der Waals surface area contributed by atoms with Gasteiger partial charge in [-0.15, -0.1) is 0 Å². The van der Waals surface area contributed by atoms with Gasteiger partial charge >= 0.3 is 0 Å². The van der Waals surface area contributed by atoms with E-state index in [-0.39, 0.29) is 0 Å². The third kappa shape index (κ3) is 7.35. The lowest BCUT2D eigenvalue weighted by Gasteiger charge is -2.24. The van der Waals surface area contributed by atoms with Crippen LogP contribution >= 0.6 is 0 Å². The van der Waals surface area contributed by atoms with Crippen molar-refractivity contribution in [3.63, 3.8) is 0 Å². The molecule has 9 aromatic carbocycles. The zero-order chi connectivity index (χ0) is 40.1. The molecule has 0 amide bonds. The molecule has 1 heterocycles. The van der Waals surface area contributed by atoms with E-state index in [4.69, 9.17) is 9.97 Å². The van der Waals surface area contributed by atoms with E-state index in [2.05, 4.69) is 231 Å². The van der Waals surface area contributed by atoms with Crippen molar-refractivity contribution < 1.29 is 0 Å². The topological polar surface area (TPSA) is 25.8 Å². The quantitative estimate of drug-likeness (QED) is 0.146. The molecule has 0 aliphatic carbocycles. The van der Waals surface area contributed by atoms with Crippen LogP contribution in [0.2, 0.25) is 0 Å². The van der Waals surface area contributed by atoms with Gasteiger partial charge < -0.3 is 0 Å². The lowest BCUT2D eigenvalue weighted by molar-refractivity contribution is 1.18. The Bertz CT molecular complexity index is 3020. The number of nitrogens with zero attached hydrogens (tertiary/aromatic N) is 2. The highest BCUT2D eigenvalue weighted by Gasteiger charge is 2.24. The second-order valence-corrected chi connectivity index (χ2v) is 14.9. The van der Waals surface area contributed by atoms with Crippen LogP contribution in [0.3, 0.4) is 0 Å². The van der Waals surface area contributed by atoms with Crippen molar-refractivity contribution >= 4 is 0 Å². The van der Waals surface area contributed by atoms with Gasteiger partial charge in [0.1, 0.15) is 0 Å². The molecular weight excluding hydrogens is 725 g/mol. The summed E-state index contributed by atoms with van der Waals surface area (Å²) < 4.78 is 0. The van der Waals surface area contributed by atoms with Crippen LogP contribution in [0.25, 0.3) is 101 Å². The van der Waals surface area contributed by atoms with E-state index in [1.165, 1.54) is 38.9 Å². The Hall–Kier alpha value is -7.94. The van der Waals surface area contributed by atoms with E-state index in [9.17, 15) is 0 Å². The second-order valence-electron chi connectivity index (χ2n) is 14.9. The highest BCUT2D eigenvalue weighted by Crippen LogP contribution is 2.50. The van der Waals surface area contributed by atoms with E-state index in [0.29, 0.717) is 5.82 Å². The van der Waals surface area contributed by atoms with Gasteiger partial charge in [-0.1, -0.05) is 224 Å². The SMILES string of the molecule is c1ccc(-c2ccc(-c3cc(-c4ccccc4)nc(-c4cccc(-c5cc(-c6ccccc6)c(-c6ccccc6)c(-c6ccccc6)c5-c5ccccc5)c4)n3)cc2)cc1. The van der Waals surface area contributed by atoms with Crippen LogP contribution in [0.15, 0.2) is 243 Å². The number of hydrogen-bond donors (Lipinski definition) is 0. The van der Waals surface area contributed by atoms with Crippen LogP contribution in [0.5, 0.6) is 0 Å². The maximum atomic E-state index is 5.29. The van der Waals surface area contributed by atoms with Gasteiger partial charge in [0.05, 0.1) is 11.4 Å². The van der Waals surface area contributed by atoms with Crippen molar-refractivity contribution in [2.75, 3.05) is 0 Å². The van der Waals surface area contributed by atoms with Gasteiger partial charge in [0.25, 0.3) is 0 Å². The third-order valence-corrected chi connectivity index (χ3v) is 11.1. The molecule has 2 nitrogen and oxygen atoms in total. The first kappa shape index (κ1) is 36.4. The fourth-order valence-electron chi connectivity index (χ4n) is 8.23. The molecule has 0 bridgehead atoms. The largest absolute Gasteiger partial charge is 0.228 e. The van der Waals surface area contributed by atoms with Crippen LogP contribution in [0.4, 0.5) is 0 Å². The minimum Gasteiger partial charge on any atom is -0.228 e. The smallest absolute Gasteiger partial charge is 0.160 e. The number of benzene rings is 9. The minimum atomic E-state index is 0.675. The van der Waals surface area contributed by atoms with Gasteiger partial charge in [-0.2, -0.15) is 0 Å². The molecule has 282 valence electrons. The molecule has 0 saturated carbocycles. The van der Waals surface area contributed by atoms with Crippen molar-refractivity contribution in [1.29, 1.82) is 0 Å². The molecule has 0 spiro atoms. The first-order valence-electron chi connectivity index (χ1n) is 20.4. The molecule has 0 aliphatic heterocycles. The number of aromatic nitrogens is 2. The lowest BCUT2D eigenvalue weighted by Crippen LogP contribution is -1.99. The summed E-state index contributed by atoms with van der Waals surface area (Å²) in [5.41, 5.74) is 18.7. The van der Waals surface area contributed by atoms with Crippen LogP contribution in [-0.4, -0.2) is 9.97 Å². The first-order chi connectivity index (χ1) is 29.8. The summed E-state index contributed by atoms with van der Waals surface area (Å²) in [6, 6.07) is 86.0. The molecule has 2 heteroatoms. The third-order valence-electron chi connectivity index (χ3n) is 11.1. The summed E-state index contributed by atoms with van der Waals surface area (Å²) in [5, 5.41) is 0. The molecule has 0 fully saturated rings. The molecule has 0 radical (unpaired) electrons. The molecule has 10 aromatic rings. The van der Waals surface area contributed by atoms with Gasteiger partial charge in [-0.3, -0.25) is 0 Å². The van der Waals surface area contributed by atoms with Crippen molar-refractivity contribution in [1.82, 2.24) is 9.97 Å². The summed E-state index contributed by atoms with van der Waals surface area (Å²) in [4.78, 5) is 10.5. The first-order valence-corrected chi connectivity index (χ1v) is 20.4. The van der Waals surface area contributed by atoms with Gasteiger partial charge in [0.2, 0.25) is 0 Å². The zero-order valence-electron chi connectivity index (χ0n) is 33.0. The predicted molar refractivity (Wildman–Crippen MR) is 251 cm³/mol. The van der Waals surface area contributed by atoms with Gasteiger partial charge in [-0.05, 0) is 85.0 Å². The fourth-order valence-corrected chi connectivity index (χ4v) is 8.23. The summed E-state index contributed by atoms with van der Waals surface area (Å²) >= 11 is 0. The predicted octanol–water partition coefficient (Wildman–Crippen LogP) is 15.5. The van der Waals surface area contributed by atoms with Crippen LogP contribution < -0.4 is 0 Å². The summed E-state index contributed by atoms with van der Waals surface area (Å²) in [5.74, 6) is 0.675. The van der Waals surface area contributed by atoms with Crippen molar-refractivity contribution in [2.45, 2.75) is 0 Å². The Morgan fingerprint density at radius 1 is 0.200 bits per heavy atom. The average molecular weight is 765 g/mol. The van der Waals surface area contributed by atoms with Crippen LogP contribution in [0, 0.1) is 0 Å². The minimum absolute atomic E-state index is 0.675. The Balaban J connectivity index is 1.21. The summed E-state index contributed by atoms with van der Waals surface area (Å²) in [7, 11) is 0. The van der Waals surface area contributed by atoms with Crippen molar-refractivity contribution in [2.24, 2.45) is 0 Å². The molecular formula is C58H40N2. The van der Waals surface area contributed by atoms with Crippen molar-refractivity contribution in [3.05, 3.63) is 243 Å². The monoisotopic (exact) mass is 764 g/mol. The second kappa shape index (κ2) is 16.5. The highest BCUT2D eigenvalue weighted by atomic mass is 14.9. The zero-order valence-corrected chi connectivity index (χ0v) is 33.0. The van der Waals surface area contributed by atoms with E-state index in [0.717, 1.165) is 55.9 Å². The number of rotatable bonds is 9. The van der Waals surface area contributed by atoms with E-state index in [1.807, 2.05) is 12.1 Å². The summed E-state index contributed by atoms with van der Waals surface area (Å²) in [6.07, 6.45) is 0. The molecule has 0 atom stereocenters. The molecule has 0 aliphatic rings. The molecule has 0 unspecified atom stereocenters. The Labute approximate surface area is 351 Å². The van der Waals surface area contributed by atoms with Crippen molar-refractivity contribution in [3.8, 4) is 101 Å². The van der Waals surface area contributed by atoms with E-state index < -0.39 is 0 Å². The van der Waals surface area contributed by atoms with E-state index >= 15 is 0 Å². The molecule has 0 saturated heterocycles.